The molecule has 0 heterocycles. The summed E-state index contributed by atoms with van der Waals surface area (Å²) in [6, 6.07) is 0. The van der Waals surface area contributed by atoms with Crippen molar-refractivity contribution >= 4 is 0 Å². The molecule has 0 aromatic carbocycles. The van der Waals surface area contributed by atoms with Crippen molar-refractivity contribution in [2.24, 2.45) is 0 Å². The molecule has 0 saturated carbocycles. The number of alkyl halides is 1. The van der Waals surface area contributed by atoms with E-state index in [1.165, 1.54) is 6.92 Å². The van der Waals surface area contributed by atoms with E-state index in [4.69, 9.17) is 5.11 Å². The van der Waals surface area contributed by atoms with Gasteiger partial charge in [0, 0.05) is 0 Å². The lowest BCUT2D eigenvalue weighted by atomic mass is 10.0. The number of hydrogen-bond acceptors (Lipinski definition) is 1. The Hall–Kier alpha value is -0.110. The molecule has 1 unspecified atom stereocenters. The standard InChI is InChI=1S/C6H13FO/c1-3-4-6(2,8)5-7/h8H,3-5H2,1-2H3. The van der Waals surface area contributed by atoms with Gasteiger partial charge in [0.25, 0.3) is 0 Å². The van der Waals surface area contributed by atoms with Crippen LogP contribution in [0.2, 0.25) is 0 Å². The molecule has 0 radical (unpaired) electrons. The Kier molecular flexibility index (Phi) is 2.98. The van der Waals surface area contributed by atoms with Gasteiger partial charge in [-0.25, -0.2) is 4.39 Å². The lowest BCUT2D eigenvalue weighted by Crippen LogP contribution is -2.25. The fourth-order valence-electron chi connectivity index (χ4n) is 0.605. The van der Waals surface area contributed by atoms with Crippen LogP contribution in [0.25, 0.3) is 0 Å². The number of hydrogen-bond donors (Lipinski definition) is 1. The lowest BCUT2D eigenvalue weighted by Gasteiger charge is -2.16. The van der Waals surface area contributed by atoms with Crippen molar-refractivity contribution in [3.8, 4) is 0 Å². The van der Waals surface area contributed by atoms with Crippen LogP contribution in [-0.2, 0) is 0 Å². The second-order valence-electron chi connectivity index (χ2n) is 2.38. The molecule has 0 fully saturated rings. The van der Waals surface area contributed by atoms with Crippen LogP contribution in [0.4, 0.5) is 4.39 Å². The fraction of sp³-hybridized carbons (Fsp3) is 1.00. The average molecular weight is 120 g/mol. The second-order valence-corrected chi connectivity index (χ2v) is 2.38. The Balaban J connectivity index is 3.37. The van der Waals surface area contributed by atoms with Crippen LogP contribution in [0.3, 0.4) is 0 Å². The van der Waals surface area contributed by atoms with Crippen molar-refractivity contribution in [1.29, 1.82) is 0 Å². The van der Waals surface area contributed by atoms with Gasteiger partial charge in [-0.15, -0.1) is 0 Å². The molecule has 0 spiro atoms. The van der Waals surface area contributed by atoms with Gasteiger partial charge in [-0.05, 0) is 13.3 Å². The minimum atomic E-state index is -1.07. The van der Waals surface area contributed by atoms with Crippen LogP contribution >= 0.6 is 0 Å². The van der Waals surface area contributed by atoms with Crippen LogP contribution in [-0.4, -0.2) is 17.4 Å². The first-order valence-corrected chi connectivity index (χ1v) is 2.91. The maximum absolute atomic E-state index is 11.7. The summed E-state index contributed by atoms with van der Waals surface area (Å²) in [4.78, 5) is 0. The Labute approximate surface area is 49.5 Å². The van der Waals surface area contributed by atoms with Crippen LogP contribution in [0.5, 0.6) is 0 Å². The molecule has 0 aromatic rings. The zero-order valence-electron chi connectivity index (χ0n) is 5.45. The topological polar surface area (TPSA) is 20.2 Å². The van der Waals surface area contributed by atoms with Crippen molar-refractivity contribution in [3.05, 3.63) is 0 Å². The van der Waals surface area contributed by atoms with Gasteiger partial charge >= 0.3 is 0 Å². The van der Waals surface area contributed by atoms with Gasteiger partial charge < -0.3 is 5.11 Å². The molecule has 0 saturated heterocycles. The van der Waals surface area contributed by atoms with Crippen LogP contribution in [0.15, 0.2) is 0 Å². The van der Waals surface area contributed by atoms with Gasteiger partial charge in [0.05, 0.1) is 5.60 Å². The highest BCUT2D eigenvalue weighted by Crippen LogP contribution is 2.10. The van der Waals surface area contributed by atoms with E-state index in [0.29, 0.717) is 6.42 Å². The first-order valence-electron chi connectivity index (χ1n) is 2.91. The molecule has 1 nitrogen and oxygen atoms in total. The monoisotopic (exact) mass is 120 g/mol. The smallest absolute Gasteiger partial charge is 0.118 e. The van der Waals surface area contributed by atoms with E-state index in [9.17, 15) is 4.39 Å². The Morgan fingerprint density at radius 1 is 1.62 bits per heavy atom. The van der Waals surface area contributed by atoms with E-state index in [-0.39, 0.29) is 0 Å². The molecule has 0 aliphatic carbocycles. The SMILES string of the molecule is CCCC(C)(O)CF. The lowest BCUT2D eigenvalue weighted by molar-refractivity contribution is 0.0248. The maximum atomic E-state index is 11.7. The van der Waals surface area contributed by atoms with Crippen LogP contribution < -0.4 is 0 Å². The van der Waals surface area contributed by atoms with Crippen LogP contribution in [0, 0.1) is 0 Å². The number of rotatable bonds is 3. The summed E-state index contributed by atoms with van der Waals surface area (Å²) in [7, 11) is 0. The highest BCUT2D eigenvalue weighted by atomic mass is 19.1. The Morgan fingerprint density at radius 3 is 2.25 bits per heavy atom. The van der Waals surface area contributed by atoms with Crippen molar-refractivity contribution in [2.75, 3.05) is 6.67 Å². The van der Waals surface area contributed by atoms with E-state index in [1.807, 2.05) is 6.92 Å². The van der Waals surface area contributed by atoms with Crippen molar-refractivity contribution in [1.82, 2.24) is 0 Å². The number of halogens is 1. The van der Waals surface area contributed by atoms with E-state index in [0.717, 1.165) is 6.42 Å². The van der Waals surface area contributed by atoms with Gasteiger partial charge in [-0.1, -0.05) is 13.3 Å². The first-order chi connectivity index (χ1) is 3.62. The summed E-state index contributed by atoms with van der Waals surface area (Å²) >= 11 is 0. The summed E-state index contributed by atoms with van der Waals surface area (Å²) in [5.41, 5.74) is -1.07. The molecule has 0 bridgehead atoms. The second kappa shape index (κ2) is 3.02. The summed E-state index contributed by atoms with van der Waals surface area (Å²) in [6.45, 7) is 2.79. The van der Waals surface area contributed by atoms with Gasteiger partial charge in [0.1, 0.15) is 6.67 Å². The van der Waals surface area contributed by atoms with Gasteiger partial charge in [-0.2, -0.15) is 0 Å². The Morgan fingerprint density at radius 2 is 2.12 bits per heavy atom. The normalized spacial score (nSPS) is 18.0. The minimum Gasteiger partial charge on any atom is -0.387 e. The van der Waals surface area contributed by atoms with E-state index < -0.39 is 12.3 Å². The highest BCUT2D eigenvalue weighted by Gasteiger charge is 2.17. The molecule has 1 atom stereocenters. The largest absolute Gasteiger partial charge is 0.387 e. The molecule has 50 valence electrons. The average Bonchev–Trinajstić information content (AvgIpc) is 1.67. The third-order valence-corrected chi connectivity index (χ3v) is 1.08. The van der Waals surface area contributed by atoms with Crippen molar-refractivity contribution < 1.29 is 9.50 Å². The molecule has 0 rings (SSSR count). The van der Waals surface area contributed by atoms with Crippen molar-refractivity contribution in [3.63, 3.8) is 0 Å². The summed E-state index contributed by atoms with van der Waals surface area (Å²) in [6.07, 6.45) is 1.38. The molecule has 2 heteroatoms. The first kappa shape index (κ1) is 7.89. The molecule has 0 aromatic heterocycles. The molecule has 0 amide bonds. The highest BCUT2D eigenvalue weighted by molar-refractivity contribution is 4.68. The van der Waals surface area contributed by atoms with Gasteiger partial charge in [0.2, 0.25) is 0 Å². The predicted octanol–water partition coefficient (Wildman–Crippen LogP) is 1.51. The predicted molar refractivity (Wildman–Crippen MR) is 31.5 cm³/mol. The van der Waals surface area contributed by atoms with E-state index in [2.05, 4.69) is 0 Å². The third-order valence-electron chi connectivity index (χ3n) is 1.08. The quantitative estimate of drug-likeness (QED) is 0.598. The van der Waals surface area contributed by atoms with Crippen molar-refractivity contribution in [2.45, 2.75) is 32.3 Å². The van der Waals surface area contributed by atoms with E-state index in [1.54, 1.807) is 0 Å². The maximum Gasteiger partial charge on any atom is 0.118 e. The van der Waals surface area contributed by atoms with E-state index >= 15 is 0 Å². The molecule has 0 aliphatic heterocycles. The van der Waals surface area contributed by atoms with Crippen LogP contribution in [0.1, 0.15) is 26.7 Å². The van der Waals surface area contributed by atoms with Gasteiger partial charge in [0.15, 0.2) is 0 Å². The fourth-order valence-corrected chi connectivity index (χ4v) is 0.605. The summed E-state index contributed by atoms with van der Waals surface area (Å²) < 4.78 is 11.7. The van der Waals surface area contributed by atoms with Gasteiger partial charge in [-0.3, -0.25) is 0 Å². The number of aliphatic hydroxyl groups is 1. The molecular weight excluding hydrogens is 107 g/mol. The molecule has 0 aliphatic rings. The summed E-state index contributed by atoms with van der Waals surface area (Å²) in [5, 5.41) is 8.95. The minimum absolute atomic E-state index is 0.545. The Bertz CT molecular complexity index is 61.5. The third kappa shape index (κ3) is 2.97. The molecule has 1 N–H and O–H groups in total. The zero-order valence-corrected chi connectivity index (χ0v) is 5.45. The zero-order chi connectivity index (χ0) is 6.62. The molecular formula is C6H13FO. The molecule has 8 heavy (non-hydrogen) atoms. The summed E-state index contributed by atoms with van der Waals surface area (Å²) in [5.74, 6) is 0.